The van der Waals surface area contributed by atoms with Gasteiger partial charge in [0.15, 0.2) is 0 Å². The van der Waals surface area contributed by atoms with Gasteiger partial charge in [-0.15, -0.1) is 0 Å². The average molecular weight is 396 g/mol. The molecule has 2 heterocycles. The fraction of sp³-hybridized carbons (Fsp3) is 0.444. The fourth-order valence-corrected chi connectivity index (χ4v) is 4.42. The van der Waals surface area contributed by atoms with Crippen molar-refractivity contribution in [3.63, 3.8) is 0 Å². The monoisotopic (exact) mass is 396 g/mol. The number of halogens is 1. The molecular formula is C18H21FN2O5S. The summed E-state index contributed by atoms with van der Waals surface area (Å²) in [6.45, 7) is 1.96. The Hall–Kier alpha value is -2.26. The van der Waals surface area contributed by atoms with E-state index in [1.807, 2.05) is 0 Å². The molecule has 0 aromatic heterocycles. The van der Waals surface area contributed by atoms with E-state index in [4.69, 9.17) is 4.74 Å². The summed E-state index contributed by atoms with van der Waals surface area (Å²) in [4.78, 5) is 24.9. The Morgan fingerprint density at radius 2 is 2.00 bits per heavy atom. The molecule has 1 aromatic carbocycles. The van der Waals surface area contributed by atoms with Crippen molar-refractivity contribution in [2.24, 2.45) is 0 Å². The SMILES string of the molecule is CC1=C(C(=O)NCc2cccc(F)c2)C2(CCN(S(C)(=O)=O)CC2)OC1=O. The zero-order valence-corrected chi connectivity index (χ0v) is 15.9. The number of carbonyl (C=O) groups is 2. The third-order valence-corrected chi connectivity index (χ3v) is 6.30. The highest BCUT2D eigenvalue weighted by atomic mass is 32.2. The van der Waals surface area contributed by atoms with Crippen LogP contribution >= 0.6 is 0 Å². The van der Waals surface area contributed by atoms with E-state index >= 15 is 0 Å². The number of ether oxygens (including phenoxy) is 1. The summed E-state index contributed by atoms with van der Waals surface area (Å²) in [6.07, 6.45) is 1.55. The van der Waals surface area contributed by atoms with Gasteiger partial charge in [-0.05, 0) is 24.6 Å². The molecule has 0 saturated carbocycles. The van der Waals surface area contributed by atoms with E-state index < -0.39 is 33.3 Å². The molecule has 1 aromatic rings. The second kappa shape index (κ2) is 7.05. The molecule has 3 rings (SSSR count). The largest absolute Gasteiger partial charge is 0.450 e. The minimum absolute atomic E-state index is 0.104. The minimum atomic E-state index is -3.35. The number of nitrogens with zero attached hydrogens (tertiary/aromatic N) is 1. The normalized spacial score (nSPS) is 20.0. The fourth-order valence-electron chi connectivity index (χ4n) is 3.57. The number of hydrogen-bond donors (Lipinski definition) is 1. The Kier molecular flexibility index (Phi) is 5.09. The zero-order chi connectivity index (χ0) is 19.8. The molecule has 2 aliphatic rings. The molecule has 27 heavy (non-hydrogen) atoms. The van der Waals surface area contributed by atoms with Crippen LogP contribution in [-0.4, -0.2) is 49.5 Å². The van der Waals surface area contributed by atoms with Gasteiger partial charge in [-0.3, -0.25) is 4.79 Å². The molecule has 0 unspecified atom stereocenters. The molecule has 0 bridgehead atoms. The smallest absolute Gasteiger partial charge is 0.335 e. The van der Waals surface area contributed by atoms with Gasteiger partial charge in [0.25, 0.3) is 5.91 Å². The highest BCUT2D eigenvalue weighted by Gasteiger charge is 2.51. The molecule has 1 spiro atoms. The first-order valence-electron chi connectivity index (χ1n) is 8.55. The predicted molar refractivity (Wildman–Crippen MR) is 95.4 cm³/mol. The van der Waals surface area contributed by atoms with Crippen molar-refractivity contribution in [2.45, 2.75) is 31.9 Å². The lowest BCUT2D eigenvalue weighted by Gasteiger charge is -2.38. The van der Waals surface area contributed by atoms with E-state index in [1.165, 1.54) is 23.4 Å². The predicted octanol–water partition coefficient (Wildman–Crippen LogP) is 1.11. The number of nitrogens with one attached hydrogen (secondary N) is 1. The standard InChI is InChI=1S/C18H21FN2O5S/c1-12-15(16(22)20-11-13-4-3-5-14(19)10-13)18(26-17(12)23)6-8-21(9-7-18)27(2,24)25/h3-5,10H,6-9,11H2,1-2H3,(H,20,22). The number of hydrogen-bond acceptors (Lipinski definition) is 5. The van der Waals surface area contributed by atoms with Crippen molar-refractivity contribution in [3.05, 3.63) is 46.8 Å². The molecule has 0 radical (unpaired) electrons. The maximum Gasteiger partial charge on any atom is 0.335 e. The van der Waals surface area contributed by atoms with E-state index in [-0.39, 0.29) is 43.6 Å². The first-order chi connectivity index (χ1) is 12.6. The molecule has 1 amide bonds. The molecule has 1 fully saturated rings. The number of esters is 1. The maximum absolute atomic E-state index is 13.3. The first-order valence-corrected chi connectivity index (χ1v) is 10.4. The highest BCUT2D eigenvalue weighted by Crippen LogP contribution is 2.41. The van der Waals surface area contributed by atoms with Crippen LogP contribution in [-0.2, 0) is 30.9 Å². The van der Waals surface area contributed by atoms with Crippen LogP contribution in [0.15, 0.2) is 35.4 Å². The van der Waals surface area contributed by atoms with E-state index in [2.05, 4.69) is 5.32 Å². The first kappa shape index (κ1) is 19.5. The lowest BCUT2D eigenvalue weighted by Crippen LogP contribution is -2.50. The van der Waals surface area contributed by atoms with Gasteiger partial charge in [-0.2, -0.15) is 0 Å². The molecule has 7 nitrogen and oxygen atoms in total. The Labute approximate surface area is 157 Å². The third-order valence-electron chi connectivity index (χ3n) is 4.99. The molecular weight excluding hydrogens is 375 g/mol. The summed E-state index contributed by atoms with van der Waals surface area (Å²) in [7, 11) is -3.35. The van der Waals surface area contributed by atoms with Crippen LogP contribution in [0.5, 0.6) is 0 Å². The van der Waals surface area contributed by atoms with Crippen LogP contribution < -0.4 is 5.32 Å². The molecule has 2 aliphatic heterocycles. The molecule has 146 valence electrons. The van der Waals surface area contributed by atoms with Crippen LogP contribution in [0.3, 0.4) is 0 Å². The van der Waals surface area contributed by atoms with E-state index in [0.29, 0.717) is 5.56 Å². The summed E-state index contributed by atoms with van der Waals surface area (Å²) in [6, 6.07) is 5.86. The lowest BCUT2D eigenvalue weighted by molar-refractivity contribution is -0.150. The van der Waals surface area contributed by atoms with Gasteiger partial charge in [0, 0.05) is 38.0 Å². The van der Waals surface area contributed by atoms with Crippen molar-refractivity contribution >= 4 is 21.9 Å². The van der Waals surface area contributed by atoms with Gasteiger partial charge in [0.2, 0.25) is 10.0 Å². The number of piperidine rings is 1. The van der Waals surface area contributed by atoms with Crippen molar-refractivity contribution in [2.75, 3.05) is 19.3 Å². The number of amides is 1. The maximum atomic E-state index is 13.3. The highest BCUT2D eigenvalue weighted by molar-refractivity contribution is 7.88. The molecule has 0 aliphatic carbocycles. The van der Waals surface area contributed by atoms with Gasteiger partial charge in [-0.1, -0.05) is 12.1 Å². The van der Waals surface area contributed by atoms with Crippen LogP contribution in [0, 0.1) is 5.82 Å². The number of sulfonamides is 1. The van der Waals surface area contributed by atoms with Gasteiger partial charge in [-0.25, -0.2) is 21.9 Å². The van der Waals surface area contributed by atoms with Gasteiger partial charge in [0.1, 0.15) is 11.4 Å². The number of carbonyl (C=O) groups excluding carboxylic acids is 2. The van der Waals surface area contributed by atoms with Crippen molar-refractivity contribution in [3.8, 4) is 0 Å². The Balaban J connectivity index is 1.77. The van der Waals surface area contributed by atoms with Crippen LogP contribution in [0.2, 0.25) is 0 Å². The van der Waals surface area contributed by atoms with E-state index in [0.717, 1.165) is 6.26 Å². The minimum Gasteiger partial charge on any atom is -0.450 e. The van der Waals surface area contributed by atoms with Crippen molar-refractivity contribution in [1.82, 2.24) is 9.62 Å². The van der Waals surface area contributed by atoms with E-state index in [9.17, 15) is 22.4 Å². The van der Waals surface area contributed by atoms with Crippen LogP contribution in [0.25, 0.3) is 0 Å². The second-order valence-electron chi connectivity index (χ2n) is 6.86. The Morgan fingerprint density at radius 1 is 1.33 bits per heavy atom. The topological polar surface area (TPSA) is 92.8 Å². The number of rotatable bonds is 4. The van der Waals surface area contributed by atoms with Gasteiger partial charge < -0.3 is 10.1 Å². The third kappa shape index (κ3) is 3.89. The second-order valence-corrected chi connectivity index (χ2v) is 8.84. The summed E-state index contributed by atoms with van der Waals surface area (Å²) in [5, 5.41) is 2.70. The molecule has 0 atom stereocenters. The summed E-state index contributed by atoms with van der Waals surface area (Å²) in [5.41, 5.74) is -0.0710. The Bertz CT molecular complexity index is 917. The van der Waals surface area contributed by atoms with Crippen LogP contribution in [0.4, 0.5) is 4.39 Å². The molecule has 1 N–H and O–H groups in total. The molecule has 1 saturated heterocycles. The summed E-state index contributed by atoms with van der Waals surface area (Å²) >= 11 is 0. The summed E-state index contributed by atoms with van der Waals surface area (Å²) in [5.74, 6) is -1.43. The lowest BCUT2D eigenvalue weighted by atomic mass is 9.83. The quantitative estimate of drug-likeness (QED) is 0.770. The van der Waals surface area contributed by atoms with E-state index in [1.54, 1.807) is 12.1 Å². The zero-order valence-electron chi connectivity index (χ0n) is 15.1. The van der Waals surface area contributed by atoms with Crippen molar-refractivity contribution in [1.29, 1.82) is 0 Å². The molecule has 9 heteroatoms. The Morgan fingerprint density at radius 3 is 2.59 bits per heavy atom. The average Bonchev–Trinajstić information content (AvgIpc) is 2.82. The van der Waals surface area contributed by atoms with Crippen LogP contribution in [0.1, 0.15) is 25.3 Å². The van der Waals surface area contributed by atoms with Gasteiger partial charge >= 0.3 is 5.97 Å². The summed E-state index contributed by atoms with van der Waals surface area (Å²) < 4.78 is 43.5. The number of benzene rings is 1. The van der Waals surface area contributed by atoms with Crippen molar-refractivity contribution < 1.29 is 27.1 Å². The van der Waals surface area contributed by atoms with Gasteiger partial charge in [0.05, 0.1) is 11.8 Å².